The van der Waals surface area contributed by atoms with Gasteiger partial charge in [0.25, 0.3) is 12.1 Å². The molecule has 0 spiro atoms. The molecule has 0 unspecified atom stereocenters. The Morgan fingerprint density at radius 3 is 2.56 bits per heavy atom. The van der Waals surface area contributed by atoms with Crippen LogP contribution >= 0.6 is 15.9 Å². The van der Waals surface area contributed by atoms with Crippen molar-refractivity contribution >= 4 is 27.7 Å². The molecule has 1 rings (SSSR count). The second-order valence-corrected chi connectivity index (χ2v) is 3.45. The zero-order valence-corrected chi connectivity index (χ0v) is 8.94. The first kappa shape index (κ1) is 12.4. The SMILES string of the molecule is O=C(O)c1nc([N+](=O)[O-])c(C(F)F)cc1Br. The molecular formula is C7H3BrF2N2O4. The van der Waals surface area contributed by atoms with E-state index in [0.29, 0.717) is 6.07 Å². The molecule has 0 amide bonds. The number of carbonyl (C=O) groups is 1. The van der Waals surface area contributed by atoms with Crippen LogP contribution in [0.15, 0.2) is 10.5 Å². The summed E-state index contributed by atoms with van der Waals surface area (Å²) in [6.07, 6.45) is -3.10. The third kappa shape index (κ3) is 2.30. The average Bonchev–Trinajstić information content (AvgIpc) is 2.15. The number of carboxylic acid groups (broad SMARTS) is 1. The quantitative estimate of drug-likeness (QED) is 0.683. The Hall–Kier alpha value is -1.64. The minimum absolute atomic E-state index is 0.235. The Labute approximate surface area is 95.2 Å². The van der Waals surface area contributed by atoms with Crippen LogP contribution in [0.5, 0.6) is 0 Å². The molecule has 86 valence electrons. The molecule has 0 aliphatic heterocycles. The van der Waals surface area contributed by atoms with Gasteiger partial charge in [0, 0.05) is 0 Å². The maximum Gasteiger partial charge on any atom is 0.381 e. The molecule has 1 N–H and O–H groups in total. The molecule has 0 saturated carbocycles. The summed E-state index contributed by atoms with van der Waals surface area (Å²) in [4.78, 5) is 22.9. The van der Waals surface area contributed by atoms with Crippen molar-refractivity contribution in [3.05, 3.63) is 31.9 Å². The highest BCUT2D eigenvalue weighted by Crippen LogP contribution is 2.31. The lowest BCUT2D eigenvalue weighted by Gasteiger charge is -2.02. The molecule has 1 aromatic rings. The summed E-state index contributed by atoms with van der Waals surface area (Å²) in [7, 11) is 0. The molecule has 16 heavy (non-hydrogen) atoms. The first-order chi connectivity index (χ1) is 7.34. The van der Waals surface area contributed by atoms with Crippen LogP contribution in [0.4, 0.5) is 14.6 Å². The fourth-order valence-electron chi connectivity index (χ4n) is 0.950. The van der Waals surface area contributed by atoms with Gasteiger partial charge in [-0.05, 0) is 31.9 Å². The van der Waals surface area contributed by atoms with Gasteiger partial charge in [-0.15, -0.1) is 0 Å². The number of pyridine rings is 1. The molecule has 0 aliphatic carbocycles. The molecule has 0 fully saturated rings. The number of rotatable bonds is 3. The molecule has 6 nitrogen and oxygen atoms in total. The lowest BCUT2D eigenvalue weighted by Crippen LogP contribution is -2.07. The van der Waals surface area contributed by atoms with Crippen LogP contribution in [0.3, 0.4) is 0 Å². The third-order valence-corrected chi connectivity index (χ3v) is 2.20. The second-order valence-electron chi connectivity index (χ2n) is 2.59. The fraction of sp³-hybridized carbons (Fsp3) is 0.143. The summed E-state index contributed by atoms with van der Waals surface area (Å²) in [5.41, 5.74) is -1.61. The van der Waals surface area contributed by atoms with Crippen molar-refractivity contribution < 1.29 is 23.6 Å². The van der Waals surface area contributed by atoms with Gasteiger partial charge in [-0.1, -0.05) is 0 Å². The second kappa shape index (κ2) is 4.47. The van der Waals surface area contributed by atoms with E-state index in [-0.39, 0.29) is 4.47 Å². The topological polar surface area (TPSA) is 93.3 Å². The van der Waals surface area contributed by atoms with Crippen molar-refractivity contribution in [2.45, 2.75) is 6.43 Å². The van der Waals surface area contributed by atoms with Gasteiger partial charge in [0.2, 0.25) is 0 Å². The molecule has 9 heteroatoms. The van der Waals surface area contributed by atoms with E-state index in [0.717, 1.165) is 0 Å². The van der Waals surface area contributed by atoms with Crippen molar-refractivity contribution in [2.24, 2.45) is 0 Å². The number of aromatic nitrogens is 1. The molecule has 0 bridgehead atoms. The van der Waals surface area contributed by atoms with E-state index < -0.39 is 34.4 Å². The zero-order valence-electron chi connectivity index (χ0n) is 7.35. The summed E-state index contributed by atoms with van der Waals surface area (Å²) in [5, 5.41) is 19.0. The monoisotopic (exact) mass is 296 g/mol. The number of alkyl halides is 2. The Bertz CT molecular complexity index is 466. The number of nitrogens with zero attached hydrogens (tertiary/aromatic N) is 2. The highest BCUT2D eigenvalue weighted by molar-refractivity contribution is 9.10. The predicted octanol–water partition coefficient (Wildman–Crippen LogP) is 2.39. The minimum atomic E-state index is -3.10. The Morgan fingerprint density at radius 1 is 1.62 bits per heavy atom. The minimum Gasteiger partial charge on any atom is -0.475 e. The van der Waals surface area contributed by atoms with Crippen molar-refractivity contribution in [1.82, 2.24) is 4.98 Å². The average molecular weight is 297 g/mol. The lowest BCUT2D eigenvalue weighted by atomic mass is 10.2. The largest absolute Gasteiger partial charge is 0.475 e. The number of aromatic carboxylic acids is 1. The van der Waals surface area contributed by atoms with Crippen LogP contribution in [0, 0.1) is 10.1 Å². The summed E-state index contributed by atoms with van der Waals surface area (Å²) >= 11 is 2.70. The van der Waals surface area contributed by atoms with Gasteiger partial charge in [-0.25, -0.2) is 13.6 Å². The van der Waals surface area contributed by atoms with Gasteiger partial charge in [-0.2, -0.15) is 0 Å². The van der Waals surface area contributed by atoms with Crippen molar-refractivity contribution in [1.29, 1.82) is 0 Å². The summed E-state index contributed by atoms with van der Waals surface area (Å²) < 4.78 is 24.5. The van der Waals surface area contributed by atoms with Crippen LogP contribution in [0.1, 0.15) is 22.5 Å². The molecule has 0 radical (unpaired) electrons. The lowest BCUT2D eigenvalue weighted by molar-refractivity contribution is -0.391. The van der Waals surface area contributed by atoms with E-state index in [1.807, 2.05) is 0 Å². The van der Waals surface area contributed by atoms with Crippen LogP contribution in [-0.2, 0) is 0 Å². The number of carboxylic acids is 1. The van der Waals surface area contributed by atoms with Crippen LogP contribution in [0.2, 0.25) is 0 Å². The summed E-state index contributed by atoms with van der Waals surface area (Å²) in [6.45, 7) is 0. The molecule has 0 saturated heterocycles. The Balaban J connectivity index is 3.49. The summed E-state index contributed by atoms with van der Waals surface area (Å²) in [5.74, 6) is -2.70. The Kier molecular flexibility index (Phi) is 3.48. The zero-order chi connectivity index (χ0) is 12.5. The van der Waals surface area contributed by atoms with E-state index in [2.05, 4.69) is 20.9 Å². The number of hydrogen-bond donors (Lipinski definition) is 1. The standard InChI is InChI=1S/C7H3BrF2N2O4/c8-3-1-2(5(9)10)6(12(15)16)11-4(3)7(13)14/h1,5H,(H,13,14). The number of halogens is 3. The van der Waals surface area contributed by atoms with E-state index >= 15 is 0 Å². The van der Waals surface area contributed by atoms with Crippen LogP contribution in [-0.4, -0.2) is 21.0 Å². The smallest absolute Gasteiger partial charge is 0.381 e. The molecule has 1 heterocycles. The van der Waals surface area contributed by atoms with Gasteiger partial charge in [0.1, 0.15) is 5.56 Å². The molecule has 0 aliphatic rings. The number of hydrogen-bond acceptors (Lipinski definition) is 4. The first-order valence-electron chi connectivity index (χ1n) is 3.71. The third-order valence-electron chi connectivity index (χ3n) is 1.59. The van der Waals surface area contributed by atoms with Gasteiger partial charge < -0.3 is 15.2 Å². The maximum atomic E-state index is 12.4. The van der Waals surface area contributed by atoms with Gasteiger partial charge in [-0.3, -0.25) is 0 Å². The van der Waals surface area contributed by atoms with Gasteiger partial charge >= 0.3 is 11.8 Å². The number of nitro groups is 1. The molecule has 1 aromatic heterocycles. The normalized spacial score (nSPS) is 10.5. The van der Waals surface area contributed by atoms with E-state index in [4.69, 9.17) is 5.11 Å². The summed E-state index contributed by atoms with van der Waals surface area (Å²) in [6, 6.07) is 0.680. The van der Waals surface area contributed by atoms with E-state index in [9.17, 15) is 23.7 Å². The van der Waals surface area contributed by atoms with Crippen LogP contribution < -0.4 is 0 Å². The van der Waals surface area contributed by atoms with Crippen LogP contribution in [0.25, 0.3) is 0 Å². The molecular weight excluding hydrogens is 294 g/mol. The maximum absolute atomic E-state index is 12.4. The van der Waals surface area contributed by atoms with Gasteiger partial charge in [0.15, 0.2) is 0 Å². The van der Waals surface area contributed by atoms with Crippen molar-refractivity contribution in [3.63, 3.8) is 0 Å². The predicted molar refractivity (Wildman–Crippen MR) is 50.5 cm³/mol. The Morgan fingerprint density at radius 2 is 2.19 bits per heavy atom. The fourth-order valence-corrected chi connectivity index (χ4v) is 1.45. The van der Waals surface area contributed by atoms with Crippen molar-refractivity contribution in [3.8, 4) is 0 Å². The highest BCUT2D eigenvalue weighted by Gasteiger charge is 2.29. The van der Waals surface area contributed by atoms with Gasteiger partial charge in [0.05, 0.1) is 4.47 Å². The molecule has 0 atom stereocenters. The van der Waals surface area contributed by atoms with E-state index in [1.54, 1.807) is 0 Å². The van der Waals surface area contributed by atoms with E-state index in [1.165, 1.54) is 0 Å². The molecule has 0 aromatic carbocycles. The highest BCUT2D eigenvalue weighted by atomic mass is 79.9. The van der Waals surface area contributed by atoms with Crippen molar-refractivity contribution in [2.75, 3.05) is 0 Å². The first-order valence-corrected chi connectivity index (χ1v) is 4.50.